The smallest absolute Gasteiger partial charge is 0.335 e. The molecule has 1 fully saturated rings. The monoisotopic (exact) mass is 498 g/mol. The number of carboxylic acid groups (broad SMARTS) is 1. The fourth-order valence-corrected chi connectivity index (χ4v) is 5.34. The third kappa shape index (κ3) is 5.08. The van der Waals surface area contributed by atoms with Crippen molar-refractivity contribution in [3.8, 4) is 0 Å². The molecule has 1 heterocycles. The maximum atomic E-state index is 14.1. The highest BCUT2D eigenvalue weighted by Gasteiger charge is 2.55. The number of piperidine rings is 1. The number of hydrogen-bond donors (Lipinski definition) is 2. The second kappa shape index (κ2) is 10.9. The number of nitrogens with zero attached hydrogens (tertiary/aromatic N) is 1. The van der Waals surface area contributed by atoms with Crippen molar-refractivity contribution < 1.29 is 24.3 Å². The molecular formula is C30H30N2O5. The zero-order valence-corrected chi connectivity index (χ0v) is 20.9. The number of carbonyl (C=O) groups is 4. The highest BCUT2D eigenvalue weighted by Crippen LogP contribution is 2.47. The van der Waals surface area contributed by atoms with Crippen molar-refractivity contribution in [1.82, 2.24) is 10.2 Å². The molecule has 3 aromatic rings. The summed E-state index contributed by atoms with van der Waals surface area (Å²) in [7, 11) is 3.26. The van der Waals surface area contributed by atoms with Gasteiger partial charge in [0.2, 0.25) is 5.91 Å². The molecule has 1 unspecified atom stereocenters. The molecule has 1 aliphatic rings. The number of amides is 1. The second-order valence-corrected chi connectivity index (χ2v) is 9.62. The lowest BCUT2D eigenvalue weighted by atomic mass is 9.55. The van der Waals surface area contributed by atoms with Gasteiger partial charge in [-0.2, -0.15) is 0 Å². The van der Waals surface area contributed by atoms with Gasteiger partial charge in [0.15, 0.2) is 11.6 Å². The molecule has 0 aliphatic carbocycles. The van der Waals surface area contributed by atoms with E-state index in [2.05, 4.69) is 5.32 Å². The van der Waals surface area contributed by atoms with Crippen LogP contribution in [-0.2, 0) is 10.2 Å². The number of aromatic carboxylic acids is 1. The Hall–Kier alpha value is -4.10. The molecule has 7 heteroatoms. The molecule has 37 heavy (non-hydrogen) atoms. The fraction of sp³-hybridized carbons (Fsp3) is 0.267. The van der Waals surface area contributed by atoms with E-state index in [-0.39, 0.29) is 42.5 Å². The van der Waals surface area contributed by atoms with Gasteiger partial charge in [0.1, 0.15) is 0 Å². The number of Topliss-reactive ketones (excluding diaryl/α,β-unsaturated/α-hetero) is 2. The molecule has 1 amide bonds. The van der Waals surface area contributed by atoms with Crippen LogP contribution in [0.2, 0.25) is 0 Å². The van der Waals surface area contributed by atoms with Gasteiger partial charge in [0.25, 0.3) is 0 Å². The van der Waals surface area contributed by atoms with Crippen molar-refractivity contribution in [3.05, 3.63) is 107 Å². The van der Waals surface area contributed by atoms with Gasteiger partial charge in [-0.15, -0.1) is 0 Å². The highest BCUT2D eigenvalue weighted by atomic mass is 16.4. The Morgan fingerprint density at radius 2 is 1.27 bits per heavy atom. The Bertz CT molecular complexity index is 1240. The molecule has 0 aromatic heterocycles. The summed E-state index contributed by atoms with van der Waals surface area (Å²) in [5, 5.41) is 13.0. The van der Waals surface area contributed by atoms with E-state index in [9.17, 15) is 24.3 Å². The molecule has 1 saturated heterocycles. The van der Waals surface area contributed by atoms with Gasteiger partial charge in [-0.1, -0.05) is 72.8 Å². The summed E-state index contributed by atoms with van der Waals surface area (Å²) in [6.45, 7) is 0.481. The minimum absolute atomic E-state index is 0.0320. The van der Waals surface area contributed by atoms with Gasteiger partial charge >= 0.3 is 5.97 Å². The first-order valence-corrected chi connectivity index (χ1v) is 12.2. The number of carboxylic acids is 1. The molecule has 3 aromatic carbocycles. The average molecular weight is 499 g/mol. The van der Waals surface area contributed by atoms with E-state index in [1.54, 1.807) is 74.8 Å². The minimum Gasteiger partial charge on any atom is -0.478 e. The lowest BCUT2D eigenvalue weighted by molar-refractivity contribution is -0.131. The van der Waals surface area contributed by atoms with Crippen LogP contribution in [0.3, 0.4) is 0 Å². The summed E-state index contributed by atoms with van der Waals surface area (Å²) in [4.78, 5) is 54.9. The zero-order chi connectivity index (χ0) is 26.6. The van der Waals surface area contributed by atoms with Crippen LogP contribution in [0.1, 0.15) is 43.1 Å². The van der Waals surface area contributed by atoms with Gasteiger partial charge in [0.05, 0.1) is 5.56 Å². The predicted octanol–water partition coefficient (Wildman–Crippen LogP) is 3.70. The SMILES string of the molecule is CN(C)C(=O)CC1(c2cccc(C(=O)O)c2)[C@@H](C(=O)c2ccccc2)CNC[C@H]1C(=O)c1ccccc1. The number of carbonyl (C=O) groups excluding carboxylic acids is 3. The third-order valence-corrected chi connectivity index (χ3v) is 7.28. The summed E-state index contributed by atoms with van der Waals surface area (Å²) < 4.78 is 0. The standard InChI is InChI=1S/C30H30N2O5/c1-32(2)26(33)17-30(23-15-9-14-22(16-23)29(36)37)24(27(34)20-10-5-3-6-11-20)18-31-19-25(30)28(35)21-12-7-4-8-13-21/h3-16,24-25,31H,17-19H2,1-2H3,(H,36,37)/t24-,25+,30?. The van der Waals surface area contributed by atoms with E-state index in [4.69, 9.17) is 0 Å². The van der Waals surface area contributed by atoms with Crippen LogP contribution in [0.4, 0.5) is 0 Å². The van der Waals surface area contributed by atoms with Gasteiger partial charge in [-0.05, 0) is 17.7 Å². The Morgan fingerprint density at radius 3 is 1.73 bits per heavy atom. The van der Waals surface area contributed by atoms with Crippen LogP contribution < -0.4 is 5.32 Å². The molecule has 2 N–H and O–H groups in total. The Labute approximate surface area is 216 Å². The Morgan fingerprint density at radius 1 is 0.784 bits per heavy atom. The molecule has 4 rings (SSSR count). The van der Waals surface area contributed by atoms with E-state index >= 15 is 0 Å². The van der Waals surface area contributed by atoms with E-state index in [1.807, 2.05) is 12.1 Å². The van der Waals surface area contributed by atoms with Gasteiger partial charge in [-0.25, -0.2) is 4.79 Å². The largest absolute Gasteiger partial charge is 0.478 e. The predicted molar refractivity (Wildman–Crippen MR) is 140 cm³/mol. The first kappa shape index (κ1) is 26.0. The van der Waals surface area contributed by atoms with Gasteiger partial charge in [-0.3, -0.25) is 14.4 Å². The molecule has 0 radical (unpaired) electrons. The summed E-state index contributed by atoms with van der Waals surface area (Å²) >= 11 is 0. The maximum Gasteiger partial charge on any atom is 0.335 e. The molecule has 0 bridgehead atoms. The number of benzene rings is 3. The van der Waals surface area contributed by atoms with Crippen LogP contribution in [-0.4, -0.2) is 60.6 Å². The summed E-state index contributed by atoms with van der Waals surface area (Å²) in [5.41, 5.74) is 0.186. The van der Waals surface area contributed by atoms with E-state index < -0.39 is 23.2 Å². The number of hydrogen-bond acceptors (Lipinski definition) is 5. The molecule has 7 nitrogen and oxygen atoms in total. The normalized spacial score (nSPS) is 21.1. The van der Waals surface area contributed by atoms with Crippen molar-refractivity contribution in [2.75, 3.05) is 27.2 Å². The van der Waals surface area contributed by atoms with Crippen LogP contribution in [0, 0.1) is 11.8 Å². The van der Waals surface area contributed by atoms with Crippen molar-refractivity contribution in [2.45, 2.75) is 11.8 Å². The summed E-state index contributed by atoms with van der Waals surface area (Å²) in [6.07, 6.45) is -0.128. The third-order valence-electron chi connectivity index (χ3n) is 7.28. The zero-order valence-electron chi connectivity index (χ0n) is 20.9. The lowest BCUT2D eigenvalue weighted by Gasteiger charge is -2.49. The molecule has 0 saturated carbocycles. The summed E-state index contributed by atoms with van der Waals surface area (Å²) in [5.74, 6) is -3.37. The van der Waals surface area contributed by atoms with Crippen molar-refractivity contribution in [2.24, 2.45) is 11.8 Å². The number of ketones is 2. The van der Waals surface area contributed by atoms with E-state index in [0.717, 1.165) is 0 Å². The van der Waals surface area contributed by atoms with Gasteiger partial charge < -0.3 is 15.3 Å². The van der Waals surface area contributed by atoms with E-state index in [1.165, 1.54) is 17.0 Å². The Balaban J connectivity index is 1.99. The number of rotatable bonds is 8. The van der Waals surface area contributed by atoms with Crippen LogP contribution in [0.5, 0.6) is 0 Å². The average Bonchev–Trinajstić information content (AvgIpc) is 2.93. The van der Waals surface area contributed by atoms with Crippen LogP contribution in [0.25, 0.3) is 0 Å². The molecular weight excluding hydrogens is 468 g/mol. The topological polar surface area (TPSA) is 104 Å². The first-order valence-electron chi connectivity index (χ1n) is 12.2. The Kier molecular flexibility index (Phi) is 7.64. The van der Waals surface area contributed by atoms with Crippen molar-refractivity contribution >= 4 is 23.4 Å². The fourth-order valence-electron chi connectivity index (χ4n) is 5.34. The highest BCUT2D eigenvalue weighted by molar-refractivity contribution is 6.04. The molecule has 0 spiro atoms. The molecule has 3 atom stereocenters. The lowest BCUT2D eigenvalue weighted by Crippen LogP contribution is -2.61. The van der Waals surface area contributed by atoms with Crippen LogP contribution >= 0.6 is 0 Å². The minimum atomic E-state index is -1.28. The quantitative estimate of drug-likeness (QED) is 0.459. The number of nitrogens with one attached hydrogen (secondary N) is 1. The van der Waals surface area contributed by atoms with Gasteiger partial charge in [0, 0.05) is 62.0 Å². The maximum absolute atomic E-state index is 14.1. The second-order valence-electron chi connectivity index (χ2n) is 9.62. The van der Waals surface area contributed by atoms with Crippen LogP contribution in [0.15, 0.2) is 84.9 Å². The van der Waals surface area contributed by atoms with Crippen molar-refractivity contribution in [1.29, 1.82) is 0 Å². The van der Waals surface area contributed by atoms with Crippen molar-refractivity contribution in [3.63, 3.8) is 0 Å². The molecule has 1 aliphatic heterocycles. The summed E-state index contributed by atoms with van der Waals surface area (Å²) in [6, 6.07) is 23.9. The first-order chi connectivity index (χ1) is 17.8. The molecule has 190 valence electrons. The van der Waals surface area contributed by atoms with E-state index in [0.29, 0.717) is 16.7 Å².